The molecule has 0 atom stereocenters. The summed E-state index contributed by atoms with van der Waals surface area (Å²) in [6, 6.07) is 2.55. The number of aromatic nitrogens is 2. The Hall–Kier alpha value is -3.30. The minimum atomic E-state index is -1.03. The van der Waals surface area contributed by atoms with Crippen molar-refractivity contribution in [1.82, 2.24) is 14.9 Å². The third-order valence-corrected chi connectivity index (χ3v) is 2.60. The highest BCUT2D eigenvalue weighted by Gasteiger charge is 2.12. The van der Waals surface area contributed by atoms with E-state index >= 15 is 0 Å². The number of nitrogens with two attached hydrogens (primary N) is 1. The van der Waals surface area contributed by atoms with Crippen LogP contribution in [0.4, 0.5) is 10.5 Å². The molecule has 2 rings (SSSR count). The van der Waals surface area contributed by atoms with Gasteiger partial charge in [0, 0.05) is 12.1 Å². The smallest absolute Gasteiger partial charge is 0.318 e. The van der Waals surface area contributed by atoms with Crippen LogP contribution in [-0.4, -0.2) is 26.4 Å². The Morgan fingerprint density at radius 1 is 1.43 bits per heavy atom. The average molecular weight is 291 g/mol. The molecule has 108 valence electrons. The largest absolute Gasteiger partial charge is 0.351 e. The number of amides is 3. The Morgan fingerprint density at radius 3 is 2.76 bits per heavy atom. The summed E-state index contributed by atoms with van der Waals surface area (Å²) in [5.41, 5.74) is 4.17. The molecule has 10 nitrogen and oxygen atoms in total. The zero-order valence-electron chi connectivity index (χ0n) is 10.5. The van der Waals surface area contributed by atoms with Crippen LogP contribution in [0.15, 0.2) is 29.3 Å². The van der Waals surface area contributed by atoms with Gasteiger partial charge in [-0.15, -0.1) is 0 Å². The number of fused-ring (bicyclic) bond motifs is 1. The Morgan fingerprint density at radius 2 is 2.14 bits per heavy atom. The number of nitrogens with one attached hydrogen (secondary N) is 1. The van der Waals surface area contributed by atoms with Crippen LogP contribution in [0.2, 0.25) is 0 Å². The molecule has 10 heteroatoms. The minimum Gasteiger partial charge on any atom is -0.351 e. The Labute approximate surface area is 116 Å². The SMILES string of the molecule is NC(=O)NC(=O)Cn1cnc2cc([N+](=O)[O-])ccc2c1=O. The Balaban J connectivity index is 2.40. The van der Waals surface area contributed by atoms with Crippen LogP contribution >= 0.6 is 0 Å². The highest BCUT2D eigenvalue weighted by atomic mass is 16.6. The molecule has 0 aliphatic heterocycles. The summed E-state index contributed by atoms with van der Waals surface area (Å²) < 4.78 is 0.965. The van der Waals surface area contributed by atoms with Crippen molar-refractivity contribution in [1.29, 1.82) is 0 Å². The number of primary amides is 1. The lowest BCUT2D eigenvalue weighted by atomic mass is 10.2. The number of nitro groups is 1. The zero-order chi connectivity index (χ0) is 15.6. The number of urea groups is 1. The molecule has 0 bridgehead atoms. The molecule has 1 heterocycles. The van der Waals surface area contributed by atoms with Crippen molar-refractivity contribution in [3.63, 3.8) is 0 Å². The van der Waals surface area contributed by atoms with Gasteiger partial charge >= 0.3 is 6.03 Å². The van der Waals surface area contributed by atoms with E-state index in [2.05, 4.69) is 4.98 Å². The molecule has 0 unspecified atom stereocenters. The number of hydrogen-bond donors (Lipinski definition) is 2. The van der Waals surface area contributed by atoms with Crippen molar-refractivity contribution < 1.29 is 14.5 Å². The van der Waals surface area contributed by atoms with E-state index in [9.17, 15) is 24.5 Å². The van der Waals surface area contributed by atoms with E-state index in [0.717, 1.165) is 17.0 Å². The van der Waals surface area contributed by atoms with Crippen LogP contribution in [0.25, 0.3) is 10.9 Å². The molecule has 21 heavy (non-hydrogen) atoms. The molecule has 0 aliphatic rings. The van der Waals surface area contributed by atoms with Gasteiger partial charge in [0.2, 0.25) is 5.91 Å². The van der Waals surface area contributed by atoms with Crippen molar-refractivity contribution in [3.05, 3.63) is 45.0 Å². The number of imide groups is 1. The van der Waals surface area contributed by atoms with Gasteiger partial charge in [0.25, 0.3) is 11.2 Å². The molecule has 0 aliphatic carbocycles. The number of carbonyl (C=O) groups excluding carboxylic acids is 2. The molecule has 0 saturated carbocycles. The van der Waals surface area contributed by atoms with E-state index in [1.54, 1.807) is 0 Å². The fourth-order valence-electron chi connectivity index (χ4n) is 1.70. The Kier molecular flexibility index (Phi) is 3.61. The van der Waals surface area contributed by atoms with E-state index in [4.69, 9.17) is 5.73 Å². The van der Waals surface area contributed by atoms with Crippen LogP contribution in [-0.2, 0) is 11.3 Å². The van der Waals surface area contributed by atoms with Gasteiger partial charge in [-0.1, -0.05) is 0 Å². The van der Waals surface area contributed by atoms with Crippen molar-refractivity contribution in [3.8, 4) is 0 Å². The van der Waals surface area contributed by atoms with Gasteiger partial charge in [-0.05, 0) is 6.07 Å². The summed E-state index contributed by atoms with van der Waals surface area (Å²) in [5.74, 6) is -0.771. The molecule has 0 fully saturated rings. The number of carbonyl (C=O) groups is 2. The fraction of sp³-hybridized carbons (Fsp3) is 0.0909. The number of rotatable bonds is 3. The highest BCUT2D eigenvalue weighted by Crippen LogP contribution is 2.16. The Bertz CT molecular complexity index is 812. The first-order valence-corrected chi connectivity index (χ1v) is 5.61. The molecule has 1 aromatic heterocycles. The molecule has 0 spiro atoms. The zero-order valence-corrected chi connectivity index (χ0v) is 10.5. The topological polar surface area (TPSA) is 150 Å². The van der Waals surface area contributed by atoms with Gasteiger partial charge in [-0.3, -0.25) is 29.6 Å². The molecule has 3 amide bonds. The molecular formula is C11H9N5O5. The first-order valence-electron chi connectivity index (χ1n) is 5.61. The van der Waals surface area contributed by atoms with E-state index < -0.39 is 29.0 Å². The molecule has 3 N–H and O–H groups in total. The normalized spacial score (nSPS) is 10.3. The van der Waals surface area contributed by atoms with Gasteiger partial charge in [0.15, 0.2) is 0 Å². The number of benzene rings is 1. The maximum absolute atomic E-state index is 12.1. The van der Waals surface area contributed by atoms with Crippen LogP contribution in [0.3, 0.4) is 0 Å². The van der Waals surface area contributed by atoms with E-state index in [-0.39, 0.29) is 16.6 Å². The average Bonchev–Trinajstić information content (AvgIpc) is 2.40. The third kappa shape index (κ3) is 3.00. The number of nitro benzene ring substituents is 1. The highest BCUT2D eigenvalue weighted by molar-refractivity contribution is 5.93. The molecule has 1 aromatic carbocycles. The molecule has 0 radical (unpaired) electrons. The van der Waals surface area contributed by atoms with Gasteiger partial charge in [-0.25, -0.2) is 9.78 Å². The van der Waals surface area contributed by atoms with Crippen LogP contribution in [0.1, 0.15) is 0 Å². The van der Waals surface area contributed by atoms with Gasteiger partial charge in [-0.2, -0.15) is 0 Å². The maximum atomic E-state index is 12.1. The van der Waals surface area contributed by atoms with Crippen molar-refractivity contribution in [2.45, 2.75) is 6.54 Å². The standard InChI is InChI=1S/C11H9N5O5/c12-11(19)14-9(17)4-15-5-13-8-3-6(16(20)21)1-2-7(8)10(15)18/h1-3,5H,4H2,(H3,12,14,17,19). The third-order valence-electron chi connectivity index (χ3n) is 2.60. The van der Waals surface area contributed by atoms with E-state index in [1.165, 1.54) is 12.1 Å². The first kappa shape index (κ1) is 14.1. The minimum absolute atomic E-state index is 0.120. The van der Waals surface area contributed by atoms with Gasteiger partial charge < -0.3 is 5.73 Å². The van der Waals surface area contributed by atoms with Crippen molar-refractivity contribution in [2.24, 2.45) is 5.73 Å². The molecule has 0 saturated heterocycles. The second-order valence-electron chi connectivity index (χ2n) is 4.05. The molecule has 2 aromatic rings. The monoisotopic (exact) mass is 291 g/mol. The number of nitrogens with zero attached hydrogens (tertiary/aromatic N) is 3. The maximum Gasteiger partial charge on any atom is 0.318 e. The summed E-state index contributed by atoms with van der Waals surface area (Å²) in [6.07, 6.45) is 1.06. The predicted molar refractivity (Wildman–Crippen MR) is 70.4 cm³/mol. The lowest BCUT2D eigenvalue weighted by Crippen LogP contribution is -2.39. The lowest BCUT2D eigenvalue weighted by molar-refractivity contribution is -0.384. The summed E-state index contributed by atoms with van der Waals surface area (Å²) in [5, 5.41) is 12.6. The first-order chi connectivity index (χ1) is 9.88. The number of non-ortho nitro benzene ring substituents is 1. The predicted octanol–water partition coefficient (Wildman–Crippen LogP) is -0.500. The van der Waals surface area contributed by atoms with Crippen molar-refractivity contribution in [2.75, 3.05) is 0 Å². The summed E-state index contributed by atoms with van der Waals surface area (Å²) in [4.78, 5) is 47.9. The number of hydrogen-bond acceptors (Lipinski definition) is 6. The second-order valence-corrected chi connectivity index (χ2v) is 4.05. The summed E-state index contributed by atoms with van der Waals surface area (Å²) >= 11 is 0. The van der Waals surface area contributed by atoms with Crippen LogP contribution in [0, 0.1) is 10.1 Å². The quantitative estimate of drug-likeness (QED) is 0.574. The lowest BCUT2D eigenvalue weighted by Gasteiger charge is -2.05. The van der Waals surface area contributed by atoms with Gasteiger partial charge in [0.1, 0.15) is 6.54 Å². The van der Waals surface area contributed by atoms with E-state index in [1.807, 2.05) is 5.32 Å². The van der Waals surface area contributed by atoms with Crippen LogP contribution < -0.4 is 16.6 Å². The van der Waals surface area contributed by atoms with E-state index in [0.29, 0.717) is 0 Å². The van der Waals surface area contributed by atoms with Crippen molar-refractivity contribution >= 4 is 28.5 Å². The van der Waals surface area contributed by atoms with Gasteiger partial charge in [0.05, 0.1) is 22.2 Å². The molecular weight excluding hydrogens is 282 g/mol. The second kappa shape index (κ2) is 5.36. The summed E-state index contributed by atoms with van der Waals surface area (Å²) in [7, 11) is 0. The summed E-state index contributed by atoms with van der Waals surface area (Å²) in [6.45, 7) is -0.443. The fourth-order valence-corrected chi connectivity index (χ4v) is 1.70. The van der Waals surface area contributed by atoms with Crippen LogP contribution in [0.5, 0.6) is 0 Å².